The fraction of sp³-hybridized carbons (Fsp3) is 0.105. The fourth-order valence-electron chi connectivity index (χ4n) is 2.54. The van der Waals surface area contributed by atoms with E-state index < -0.39 is 0 Å². The van der Waals surface area contributed by atoms with Crippen molar-refractivity contribution in [3.05, 3.63) is 71.5 Å². The molecule has 5 heteroatoms. The van der Waals surface area contributed by atoms with Gasteiger partial charge in [-0.1, -0.05) is 18.2 Å². The van der Waals surface area contributed by atoms with Crippen LogP contribution in [0.2, 0.25) is 0 Å². The molecule has 1 aromatic carbocycles. The minimum atomic E-state index is -0.186. The minimum Gasteiger partial charge on any atom is -0.464 e. The van der Waals surface area contributed by atoms with E-state index in [2.05, 4.69) is 11.4 Å². The van der Waals surface area contributed by atoms with Gasteiger partial charge in [0.25, 0.3) is 5.91 Å². The highest BCUT2D eigenvalue weighted by Crippen LogP contribution is 2.28. The summed E-state index contributed by atoms with van der Waals surface area (Å²) in [6.45, 7) is 0.563. The summed E-state index contributed by atoms with van der Waals surface area (Å²) < 4.78 is 11.0. The lowest BCUT2D eigenvalue weighted by atomic mass is 10.2. The van der Waals surface area contributed by atoms with Crippen LogP contribution in [0, 0.1) is 0 Å². The summed E-state index contributed by atoms with van der Waals surface area (Å²) in [5.41, 5.74) is 0.726. The molecule has 0 atom stereocenters. The van der Waals surface area contributed by atoms with Gasteiger partial charge >= 0.3 is 0 Å². The van der Waals surface area contributed by atoms with E-state index in [1.54, 1.807) is 23.7 Å². The maximum atomic E-state index is 12.2. The van der Waals surface area contributed by atoms with Crippen molar-refractivity contribution >= 4 is 28.2 Å². The van der Waals surface area contributed by atoms with Crippen LogP contribution >= 0.6 is 11.3 Å². The molecule has 3 heterocycles. The normalized spacial score (nSPS) is 11.0. The summed E-state index contributed by atoms with van der Waals surface area (Å²) in [7, 11) is 0. The second-order valence-electron chi connectivity index (χ2n) is 5.40. The number of fused-ring (bicyclic) bond motifs is 1. The lowest BCUT2D eigenvalue weighted by molar-refractivity contribution is 0.0928. The van der Waals surface area contributed by atoms with Gasteiger partial charge in [0.1, 0.15) is 11.3 Å². The summed E-state index contributed by atoms with van der Waals surface area (Å²) in [6.07, 6.45) is 2.44. The molecule has 0 unspecified atom stereocenters. The standard InChI is InChI=1S/C19H15NO3S/c21-19(17-12-13-4-1-2-5-15(13)23-17)20-10-9-14-7-8-18(24-14)16-6-3-11-22-16/h1-8,11-12H,9-10H2,(H,20,21). The lowest BCUT2D eigenvalue weighted by Crippen LogP contribution is -2.24. The van der Waals surface area contributed by atoms with Crippen LogP contribution in [0.1, 0.15) is 15.4 Å². The van der Waals surface area contributed by atoms with Gasteiger partial charge in [-0.2, -0.15) is 0 Å². The first-order valence-corrected chi connectivity index (χ1v) is 8.50. The number of hydrogen-bond acceptors (Lipinski definition) is 4. The van der Waals surface area contributed by atoms with E-state index in [4.69, 9.17) is 8.83 Å². The van der Waals surface area contributed by atoms with Gasteiger partial charge in [0.15, 0.2) is 5.76 Å². The molecule has 1 N–H and O–H groups in total. The highest BCUT2D eigenvalue weighted by Gasteiger charge is 2.12. The fourth-order valence-corrected chi connectivity index (χ4v) is 3.52. The molecule has 0 aliphatic carbocycles. The maximum absolute atomic E-state index is 12.2. The maximum Gasteiger partial charge on any atom is 0.287 e. The Morgan fingerprint density at radius 1 is 1.08 bits per heavy atom. The first kappa shape index (κ1) is 14.8. The summed E-state index contributed by atoms with van der Waals surface area (Å²) in [5, 5.41) is 3.84. The first-order chi connectivity index (χ1) is 11.8. The Balaban J connectivity index is 1.36. The van der Waals surface area contributed by atoms with Gasteiger partial charge in [0.05, 0.1) is 11.1 Å². The predicted molar refractivity (Wildman–Crippen MR) is 94.3 cm³/mol. The second kappa shape index (κ2) is 6.37. The van der Waals surface area contributed by atoms with Gasteiger partial charge < -0.3 is 14.2 Å². The van der Waals surface area contributed by atoms with Crippen molar-refractivity contribution in [2.45, 2.75) is 6.42 Å². The number of furan rings is 2. The zero-order valence-electron chi connectivity index (χ0n) is 12.8. The van der Waals surface area contributed by atoms with Crippen molar-refractivity contribution in [3.63, 3.8) is 0 Å². The van der Waals surface area contributed by atoms with Crippen LogP contribution in [-0.4, -0.2) is 12.5 Å². The van der Waals surface area contributed by atoms with Crippen molar-refractivity contribution in [3.8, 4) is 10.6 Å². The topological polar surface area (TPSA) is 55.4 Å². The van der Waals surface area contributed by atoms with Crippen molar-refractivity contribution in [1.82, 2.24) is 5.32 Å². The van der Waals surface area contributed by atoms with Gasteiger partial charge in [0.2, 0.25) is 0 Å². The summed E-state index contributed by atoms with van der Waals surface area (Å²) in [6, 6.07) is 17.3. The Bertz CT molecular complexity index is 933. The summed E-state index contributed by atoms with van der Waals surface area (Å²) in [5.74, 6) is 1.03. The summed E-state index contributed by atoms with van der Waals surface area (Å²) in [4.78, 5) is 14.5. The second-order valence-corrected chi connectivity index (χ2v) is 6.57. The molecule has 4 nitrogen and oxygen atoms in total. The average molecular weight is 337 g/mol. The molecular formula is C19H15NO3S. The SMILES string of the molecule is O=C(NCCc1ccc(-c2ccco2)s1)c1cc2ccccc2o1. The molecule has 4 rings (SSSR count). The average Bonchev–Trinajstić information content (AvgIpc) is 3.33. The molecule has 24 heavy (non-hydrogen) atoms. The Labute approximate surface area is 142 Å². The van der Waals surface area contributed by atoms with E-state index in [-0.39, 0.29) is 5.91 Å². The van der Waals surface area contributed by atoms with Crippen LogP contribution in [0.15, 0.2) is 69.7 Å². The molecular weight excluding hydrogens is 322 g/mol. The number of hydrogen-bond donors (Lipinski definition) is 1. The Kier molecular flexibility index (Phi) is 3.92. The molecule has 0 saturated heterocycles. The lowest BCUT2D eigenvalue weighted by Gasteiger charge is -2.01. The molecule has 3 aromatic heterocycles. The molecule has 1 amide bonds. The molecule has 0 radical (unpaired) electrons. The number of amides is 1. The zero-order valence-corrected chi connectivity index (χ0v) is 13.6. The van der Waals surface area contributed by atoms with E-state index in [0.717, 1.165) is 28.0 Å². The van der Waals surface area contributed by atoms with Crippen LogP contribution in [0.3, 0.4) is 0 Å². The highest BCUT2D eigenvalue weighted by atomic mass is 32.1. The van der Waals surface area contributed by atoms with E-state index in [0.29, 0.717) is 12.3 Å². The number of benzene rings is 1. The van der Waals surface area contributed by atoms with Crippen LogP contribution in [0.4, 0.5) is 0 Å². The monoisotopic (exact) mass is 337 g/mol. The van der Waals surface area contributed by atoms with Crippen LogP contribution in [0.5, 0.6) is 0 Å². The first-order valence-electron chi connectivity index (χ1n) is 7.69. The van der Waals surface area contributed by atoms with E-state index in [1.165, 1.54) is 4.88 Å². The molecule has 0 saturated carbocycles. The Morgan fingerprint density at radius 3 is 2.83 bits per heavy atom. The van der Waals surface area contributed by atoms with E-state index in [9.17, 15) is 4.79 Å². The number of carbonyl (C=O) groups is 1. The molecule has 0 bridgehead atoms. The third kappa shape index (κ3) is 2.98. The largest absolute Gasteiger partial charge is 0.464 e. The number of thiophene rings is 1. The van der Waals surface area contributed by atoms with Crippen molar-refractivity contribution in [2.24, 2.45) is 0 Å². The number of para-hydroxylation sites is 1. The number of nitrogens with one attached hydrogen (secondary N) is 1. The van der Waals surface area contributed by atoms with Crippen LogP contribution in [-0.2, 0) is 6.42 Å². The van der Waals surface area contributed by atoms with Crippen molar-refractivity contribution < 1.29 is 13.6 Å². The van der Waals surface area contributed by atoms with Gasteiger partial charge in [0, 0.05) is 16.8 Å². The zero-order chi connectivity index (χ0) is 16.4. The van der Waals surface area contributed by atoms with Crippen molar-refractivity contribution in [2.75, 3.05) is 6.54 Å². The number of carbonyl (C=O) groups excluding carboxylic acids is 1. The van der Waals surface area contributed by atoms with E-state index in [1.807, 2.05) is 42.5 Å². The minimum absolute atomic E-state index is 0.186. The third-order valence-corrected chi connectivity index (χ3v) is 4.89. The third-order valence-electron chi connectivity index (χ3n) is 3.73. The Hall–Kier alpha value is -2.79. The molecule has 0 fully saturated rings. The highest BCUT2D eigenvalue weighted by molar-refractivity contribution is 7.15. The van der Waals surface area contributed by atoms with Crippen LogP contribution < -0.4 is 5.32 Å². The van der Waals surface area contributed by atoms with Gasteiger partial charge in [-0.15, -0.1) is 11.3 Å². The molecule has 0 aliphatic rings. The quantitative estimate of drug-likeness (QED) is 0.573. The van der Waals surface area contributed by atoms with Crippen LogP contribution in [0.25, 0.3) is 21.6 Å². The smallest absolute Gasteiger partial charge is 0.287 e. The molecule has 0 aliphatic heterocycles. The predicted octanol–water partition coefficient (Wildman–Crippen LogP) is 4.73. The number of rotatable bonds is 5. The van der Waals surface area contributed by atoms with Gasteiger partial charge in [-0.05, 0) is 42.8 Å². The summed E-state index contributed by atoms with van der Waals surface area (Å²) >= 11 is 1.67. The van der Waals surface area contributed by atoms with Crippen molar-refractivity contribution in [1.29, 1.82) is 0 Å². The molecule has 120 valence electrons. The van der Waals surface area contributed by atoms with Gasteiger partial charge in [-0.25, -0.2) is 0 Å². The Morgan fingerprint density at radius 2 is 2.00 bits per heavy atom. The molecule has 0 spiro atoms. The van der Waals surface area contributed by atoms with Gasteiger partial charge in [-0.3, -0.25) is 4.79 Å². The molecule has 4 aromatic rings. The van der Waals surface area contributed by atoms with E-state index >= 15 is 0 Å².